The van der Waals surface area contributed by atoms with Crippen molar-refractivity contribution in [3.05, 3.63) is 33.8 Å². The van der Waals surface area contributed by atoms with E-state index in [1.165, 1.54) is 4.88 Å². The van der Waals surface area contributed by atoms with E-state index in [1.54, 1.807) is 11.3 Å². The zero-order valence-corrected chi connectivity index (χ0v) is 7.40. The number of thiophene rings is 1. The lowest BCUT2D eigenvalue weighted by Gasteiger charge is -1.98. The molecule has 1 unspecified atom stereocenters. The molecule has 0 N–H and O–H groups in total. The van der Waals surface area contributed by atoms with Crippen molar-refractivity contribution < 1.29 is 0 Å². The van der Waals surface area contributed by atoms with Gasteiger partial charge in [0.05, 0.1) is 6.42 Å². The fraction of sp³-hybridized carbons (Fsp3) is 0.444. The van der Waals surface area contributed by atoms with Crippen molar-refractivity contribution in [2.45, 2.75) is 25.8 Å². The Morgan fingerprint density at radius 2 is 2.55 bits per heavy atom. The Balaban J connectivity index is 2.49. The van der Waals surface area contributed by atoms with Crippen LogP contribution in [-0.4, -0.2) is 6.04 Å². The first-order chi connectivity index (χ1) is 5.36. The van der Waals surface area contributed by atoms with Gasteiger partial charge in [-0.05, 0) is 11.4 Å². The van der Waals surface area contributed by atoms with E-state index < -0.39 is 0 Å². The monoisotopic (exact) mass is 165 g/mol. The highest BCUT2D eigenvalue weighted by molar-refractivity contribution is 7.09. The van der Waals surface area contributed by atoms with E-state index in [1.807, 2.05) is 6.07 Å². The van der Waals surface area contributed by atoms with Gasteiger partial charge in [0.25, 0.3) is 0 Å². The maximum atomic E-state index is 6.89. The fourth-order valence-electron chi connectivity index (χ4n) is 0.942. The zero-order chi connectivity index (χ0) is 8.10. The van der Waals surface area contributed by atoms with Crippen LogP contribution in [0.15, 0.2) is 17.5 Å². The molecule has 1 aromatic rings. The molecule has 1 nitrogen and oxygen atoms in total. The summed E-state index contributed by atoms with van der Waals surface area (Å²) in [5, 5.41) is 2.06. The predicted octanol–water partition coefficient (Wildman–Crippen LogP) is 2.99. The van der Waals surface area contributed by atoms with Crippen LogP contribution in [0.5, 0.6) is 0 Å². The van der Waals surface area contributed by atoms with Gasteiger partial charge in [-0.15, -0.1) is 11.3 Å². The van der Waals surface area contributed by atoms with Crippen LogP contribution in [0.25, 0.3) is 4.85 Å². The Kier molecular flexibility index (Phi) is 3.13. The minimum atomic E-state index is 0.189. The highest BCUT2D eigenvalue weighted by Gasteiger charge is 2.10. The van der Waals surface area contributed by atoms with E-state index in [0.29, 0.717) is 0 Å². The Hall–Kier alpha value is -0.810. The molecule has 0 spiro atoms. The predicted molar refractivity (Wildman–Crippen MR) is 48.7 cm³/mol. The molecule has 0 aliphatic rings. The van der Waals surface area contributed by atoms with Gasteiger partial charge >= 0.3 is 0 Å². The number of hydrogen-bond donors (Lipinski definition) is 0. The van der Waals surface area contributed by atoms with Crippen LogP contribution in [-0.2, 0) is 6.42 Å². The third-order valence-corrected chi connectivity index (χ3v) is 2.57. The number of rotatable bonds is 3. The summed E-state index contributed by atoms with van der Waals surface area (Å²) in [5.74, 6) is 0. The van der Waals surface area contributed by atoms with Gasteiger partial charge in [-0.2, -0.15) is 0 Å². The van der Waals surface area contributed by atoms with Crippen LogP contribution >= 0.6 is 11.3 Å². The van der Waals surface area contributed by atoms with Crippen LogP contribution in [0, 0.1) is 6.57 Å². The molecule has 1 aromatic heterocycles. The Morgan fingerprint density at radius 3 is 3.00 bits per heavy atom. The lowest BCUT2D eigenvalue weighted by Crippen LogP contribution is -2.02. The van der Waals surface area contributed by atoms with Gasteiger partial charge in [0.2, 0.25) is 6.04 Å². The van der Waals surface area contributed by atoms with Crippen LogP contribution < -0.4 is 0 Å². The number of hydrogen-bond acceptors (Lipinski definition) is 1. The maximum absolute atomic E-state index is 6.89. The van der Waals surface area contributed by atoms with Gasteiger partial charge in [0.1, 0.15) is 0 Å². The molecule has 0 amide bonds. The van der Waals surface area contributed by atoms with E-state index in [9.17, 15) is 0 Å². The SMILES string of the molecule is [C-]#[N+]C(CC)Cc1cccs1. The number of nitrogens with zero attached hydrogens (tertiary/aromatic N) is 1. The molecule has 1 heterocycles. The molecule has 0 saturated carbocycles. The minimum Gasteiger partial charge on any atom is -0.313 e. The molecule has 1 rings (SSSR count). The average Bonchev–Trinajstić information content (AvgIpc) is 2.52. The molecule has 1 atom stereocenters. The van der Waals surface area contributed by atoms with Crippen molar-refractivity contribution in [2.24, 2.45) is 0 Å². The van der Waals surface area contributed by atoms with Crippen LogP contribution in [0.3, 0.4) is 0 Å². The fourth-order valence-corrected chi connectivity index (χ4v) is 1.72. The zero-order valence-electron chi connectivity index (χ0n) is 6.58. The van der Waals surface area contributed by atoms with E-state index in [0.717, 1.165) is 12.8 Å². The first kappa shape index (κ1) is 8.29. The summed E-state index contributed by atoms with van der Waals surface area (Å²) >= 11 is 1.74. The molecule has 0 saturated heterocycles. The van der Waals surface area contributed by atoms with E-state index in [-0.39, 0.29) is 6.04 Å². The van der Waals surface area contributed by atoms with Gasteiger partial charge in [0, 0.05) is 11.3 Å². The summed E-state index contributed by atoms with van der Waals surface area (Å²) in [5.41, 5.74) is 0. The second-order valence-electron chi connectivity index (χ2n) is 2.47. The molecule has 0 aliphatic carbocycles. The molecule has 0 fully saturated rings. The molecular formula is C9H11NS. The molecule has 2 heteroatoms. The van der Waals surface area contributed by atoms with Crippen LogP contribution in [0.1, 0.15) is 18.2 Å². The first-order valence-corrected chi connectivity index (χ1v) is 4.63. The lowest BCUT2D eigenvalue weighted by atomic mass is 10.1. The summed E-state index contributed by atoms with van der Waals surface area (Å²) < 4.78 is 0. The van der Waals surface area contributed by atoms with E-state index >= 15 is 0 Å². The summed E-state index contributed by atoms with van der Waals surface area (Å²) in [6, 6.07) is 4.32. The second-order valence-corrected chi connectivity index (χ2v) is 3.51. The quantitative estimate of drug-likeness (QED) is 0.606. The van der Waals surface area contributed by atoms with Crippen molar-refractivity contribution in [3.8, 4) is 0 Å². The van der Waals surface area contributed by atoms with Gasteiger partial charge < -0.3 is 4.85 Å². The van der Waals surface area contributed by atoms with E-state index in [4.69, 9.17) is 6.57 Å². The van der Waals surface area contributed by atoms with Gasteiger partial charge in [-0.25, -0.2) is 6.57 Å². The largest absolute Gasteiger partial charge is 0.313 e. The van der Waals surface area contributed by atoms with Gasteiger partial charge in [0.15, 0.2) is 0 Å². The molecular weight excluding hydrogens is 154 g/mol. The van der Waals surface area contributed by atoms with Crippen molar-refractivity contribution in [3.63, 3.8) is 0 Å². The van der Waals surface area contributed by atoms with Crippen molar-refractivity contribution >= 4 is 11.3 Å². The van der Waals surface area contributed by atoms with Gasteiger partial charge in [-0.3, -0.25) is 0 Å². The summed E-state index contributed by atoms with van der Waals surface area (Å²) in [6.07, 6.45) is 1.89. The Morgan fingerprint density at radius 1 is 1.73 bits per heavy atom. The molecule has 0 aromatic carbocycles. The maximum Gasteiger partial charge on any atom is 0.228 e. The lowest BCUT2D eigenvalue weighted by molar-refractivity contribution is 0.741. The highest BCUT2D eigenvalue weighted by atomic mass is 32.1. The summed E-state index contributed by atoms with van der Waals surface area (Å²) in [7, 11) is 0. The smallest absolute Gasteiger partial charge is 0.228 e. The van der Waals surface area contributed by atoms with E-state index in [2.05, 4.69) is 23.2 Å². The minimum absolute atomic E-state index is 0.189. The highest BCUT2D eigenvalue weighted by Crippen LogP contribution is 2.14. The topological polar surface area (TPSA) is 4.36 Å². The molecule has 0 radical (unpaired) electrons. The third kappa shape index (κ3) is 2.36. The molecule has 0 aliphatic heterocycles. The Labute approximate surface area is 71.5 Å². The molecule has 0 bridgehead atoms. The van der Waals surface area contributed by atoms with Gasteiger partial charge in [-0.1, -0.05) is 13.0 Å². The van der Waals surface area contributed by atoms with Crippen molar-refractivity contribution in [1.82, 2.24) is 0 Å². The third-order valence-electron chi connectivity index (χ3n) is 1.67. The standard InChI is InChI=1S/C9H11NS/c1-3-8(10-2)7-9-5-4-6-11-9/h4-6,8H,3,7H2,1H3. The summed E-state index contributed by atoms with van der Waals surface area (Å²) in [4.78, 5) is 4.86. The van der Waals surface area contributed by atoms with Crippen LogP contribution in [0.4, 0.5) is 0 Å². The van der Waals surface area contributed by atoms with Crippen LogP contribution in [0.2, 0.25) is 0 Å². The molecule has 11 heavy (non-hydrogen) atoms. The molecule has 58 valence electrons. The first-order valence-electron chi connectivity index (χ1n) is 3.75. The Bertz CT molecular complexity index is 233. The normalized spacial score (nSPS) is 12.4. The second kappa shape index (κ2) is 4.15. The summed E-state index contributed by atoms with van der Waals surface area (Å²) in [6.45, 7) is 8.96. The average molecular weight is 165 g/mol. The van der Waals surface area contributed by atoms with Crippen molar-refractivity contribution in [2.75, 3.05) is 0 Å². The van der Waals surface area contributed by atoms with Crippen molar-refractivity contribution in [1.29, 1.82) is 0 Å².